The molecule has 4 nitrogen and oxygen atoms in total. The highest BCUT2D eigenvalue weighted by atomic mass is 16.6. The van der Waals surface area contributed by atoms with Gasteiger partial charge in [0.05, 0.1) is 6.61 Å². The summed E-state index contributed by atoms with van der Waals surface area (Å²) in [6.07, 6.45) is 2.28. The second kappa shape index (κ2) is 4.94. The molecule has 0 saturated heterocycles. The van der Waals surface area contributed by atoms with E-state index in [4.69, 9.17) is 9.47 Å². The maximum Gasteiger partial charge on any atom is 0.326 e. The predicted octanol–water partition coefficient (Wildman–Crippen LogP) is 1.10. The van der Waals surface area contributed by atoms with Gasteiger partial charge in [-0.25, -0.2) is 0 Å². The van der Waals surface area contributed by atoms with Gasteiger partial charge in [0.15, 0.2) is 0 Å². The Labute approximate surface area is 91.3 Å². The molecule has 1 aliphatic carbocycles. The number of esters is 1. The molecule has 0 amide bonds. The van der Waals surface area contributed by atoms with Crippen molar-refractivity contribution in [2.75, 3.05) is 13.7 Å². The molecule has 0 aliphatic heterocycles. The summed E-state index contributed by atoms with van der Waals surface area (Å²) in [6.45, 7) is 5.97. The van der Waals surface area contributed by atoms with Crippen LogP contribution in [0.5, 0.6) is 0 Å². The van der Waals surface area contributed by atoms with Crippen molar-refractivity contribution in [1.29, 1.82) is 0 Å². The molecule has 0 bridgehead atoms. The number of hydrogen-bond acceptors (Lipinski definition) is 4. The van der Waals surface area contributed by atoms with Gasteiger partial charge in [-0.1, -0.05) is 0 Å². The van der Waals surface area contributed by atoms with Crippen molar-refractivity contribution >= 4 is 5.97 Å². The standard InChI is InChI=1S/C11H21NO3/c1-11(2,3)15-10(13)9(7-14-4)12-8-5-6-8/h8-9,12H,5-7H2,1-4H3. The second-order valence-corrected chi connectivity index (χ2v) is 4.98. The maximum atomic E-state index is 11.7. The van der Waals surface area contributed by atoms with Crippen LogP contribution in [0.4, 0.5) is 0 Å². The van der Waals surface area contributed by atoms with Crippen molar-refractivity contribution in [3.05, 3.63) is 0 Å². The van der Waals surface area contributed by atoms with Crippen molar-refractivity contribution in [2.45, 2.75) is 51.3 Å². The maximum absolute atomic E-state index is 11.7. The van der Waals surface area contributed by atoms with Crippen LogP contribution in [0.25, 0.3) is 0 Å². The first kappa shape index (κ1) is 12.5. The molecule has 88 valence electrons. The van der Waals surface area contributed by atoms with Gasteiger partial charge in [0, 0.05) is 13.2 Å². The van der Waals surface area contributed by atoms with E-state index >= 15 is 0 Å². The van der Waals surface area contributed by atoms with Crippen molar-refractivity contribution in [2.24, 2.45) is 0 Å². The molecule has 1 saturated carbocycles. The molecule has 1 N–H and O–H groups in total. The van der Waals surface area contributed by atoms with Crippen LogP contribution < -0.4 is 5.32 Å². The highest BCUT2D eigenvalue weighted by Gasteiger charge is 2.31. The minimum atomic E-state index is -0.436. The highest BCUT2D eigenvalue weighted by Crippen LogP contribution is 2.20. The molecule has 4 heteroatoms. The van der Waals surface area contributed by atoms with Crippen LogP contribution in [0.2, 0.25) is 0 Å². The monoisotopic (exact) mass is 215 g/mol. The molecular formula is C11H21NO3. The van der Waals surface area contributed by atoms with Gasteiger partial charge in [0.1, 0.15) is 11.6 Å². The Morgan fingerprint density at radius 2 is 2.07 bits per heavy atom. The average molecular weight is 215 g/mol. The molecule has 15 heavy (non-hydrogen) atoms. The van der Waals surface area contributed by atoms with Crippen LogP contribution in [-0.4, -0.2) is 37.4 Å². The van der Waals surface area contributed by atoms with Gasteiger partial charge < -0.3 is 9.47 Å². The van der Waals surface area contributed by atoms with Gasteiger partial charge in [0.25, 0.3) is 0 Å². The van der Waals surface area contributed by atoms with E-state index in [2.05, 4.69) is 5.32 Å². The van der Waals surface area contributed by atoms with Crippen LogP contribution >= 0.6 is 0 Å². The van der Waals surface area contributed by atoms with Crippen LogP contribution in [0.1, 0.15) is 33.6 Å². The van der Waals surface area contributed by atoms with Crippen LogP contribution in [0, 0.1) is 0 Å². The first-order chi connectivity index (χ1) is 6.92. The molecule has 0 aromatic rings. The number of rotatable bonds is 5. The Kier molecular flexibility index (Phi) is 4.11. The number of nitrogens with one attached hydrogen (secondary N) is 1. The second-order valence-electron chi connectivity index (χ2n) is 4.98. The van der Waals surface area contributed by atoms with E-state index in [-0.39, 0.29) is 12.0 Å². The number of carbonyl (C=O) groups excluding carboxylic acids is 1. The molecule has 1 fully saturated rings. The fraction of sp³-hybridized carbons (Fsp3) is 0.909. The van der Waals surface area contributed by atoms with E-state index in [1.54, 1.807) is 7.11 Å². The zero-order valence-corrected chi connectivity index (χ0v) is 10.0. The molecule has 0 radical (unpaired) electrons. The lowest BCUT2D eigenvalue weighted by molar-refractivity contribution is -0.158. The Balaban J connectivity index is 2.42. The lowest BCUT2D eigenvalue weighted by atomic mass is 10.2. The minimum absolute atomic E-state index is 0.226. The van der Waals surface area contributed by atoms with Gasteiger partial charge in [-0.05, 0) is 33.6 Å². The fourth-order valence-electron chi connectivity index (χ4n) is 1.26. The number of carbonyl (C=O) groups is 1. The summed E-state index contributed by atoms with van der Waals surface area (Å²) in [5.74, 6) is -0.226. The normalized spacial score (nSPS) is 18.7. The first-order valence-electron chi connectivity index (χ1n) is 5.40. The summed E-state index contributed by atoms with van der Waals surface area (Å²) < 4.78 is 10.3. The van der Waals surface area contributed by atoms with Gasteiger partial charge in [-0.15, -0.1) is 0 Å². The average Bonchev–Trinajstić information content (AvgIpc) is 2.84. The number of hydrogen-bond donors (Lipinski definition) is 1. The number of ether oxygens (including phenoxy) is 2. The molecule has 0 aromatic carbocycles. The van der Waals surface area contributed by atoms with Crippen LogP contribution in [-0.2, 0) is 14.3 Å². The van der Waals surface area contributed by atoms with E-state index in [1.165, 1.54) is 0 Å². The predicted molar refractivity (Wildman–Crippen MR) is 57.7 cm³/mol. The molecule has 1 rings (SSSR count). The lowest BCUT2D eigenvalue weighted by Gasteiger charge is -2.24. The highest BCUT2D eigenvalue weighted by molar-refractivity contribution is 5.76. The van der Waals surface area contributed by atoms with Crippen molar-refractivity contribution in [1.82, 2.24) is 5.32 Å². The van der Waals surface area contributed by atoms with Gasteiger partial charge in [-0.2, -0.15) is 0 Å². The Bertz CT molecular complexity index is 218. The van der Waals surface area contributed by atoms with Crippen molar-refractivity contribution in [3.8, 4) is 0 Å². The van der Waals surface area contributed by atoms with Gasteiger partial charge >= 0.3 is 5.97 Å². The van der Waals surface area contributed by atoms with E-state index < -0.39 is 5.60 Å². The van der Waals surface area contributed by atoms with Gasteiger partial charge in [-0.3, -0.25) is 10.1 Å². The van der Waals surface area contributed by atoms with E-state index in [1.807, 2.05) is 20.8 Å². The van der Waals surface area contributed by atoms with Crippen molar-refractivity contribution in [3.63, 3.8) is 0 Å². The summed E-state index contributed by atoms with van der Waals surface area (Å²) in [7, 11) is 1.59. The number of methoxy groups -OCH3 is 1. The Hall–Kier alpha value is -0.610. The molecule has 1 atom stereocenters. The summed E-state index contributed by atoms with van der Waals surface area (Å²) in [5, 5.41) is 3.21. The Morgan fingerprint density at radius 1 is 1.47 bits per heavy atom. The molecule has 1 unspecified atom stereocenters. The first-order valence-corrected chi connectivity index (χ1v) is 5.40. The summed E-state index contributed by atoms with van der Waals surface area (Å²) in [5.41, 5.74) is -0.436. The zero-order chi connectivity index (χ0) is 11.5. The third-order valence-electron chi connectivity index (χ3n) is 2.04. The third-order valence-corrected chi connectivity index (χ3v) is 2.04. The zero-order valence-electron chi connectivity index (χ0n) is 10.0. The minimum Gasteiger partial charge on any atom is -0.459 e. The van der Waals surface area contributed by atoms with Crippen LogP contribution in [0.15, 0.2) is 0 Å². The summed E-state index contributed by atoms with van der Waals surface area (Å²) in [4.78, 5) is 11.7. The topological polar surface area (TPSA) is 47.6 Å². The molecule has 1 aliphatic rings. The smallest absolute Gasteiger partial charge is 0.326 e. The largest absolute Gasteiger partial charge is 0.459 e. The van der Waals surface area contributed by atoms with E-state index in [0.717, 1.165) is 12.8 Å². The van der Waals surface area contributed by atoms with Crippen LogP contribution in [0.3, 0.4) is 0 Å². The van der Waals surface area contributed by atoms with Crippen molar-refractivity contribution < 1.29 is 14.3 Å². The molecule has 0 heterocycles. The molecule has 0 aromatic heterocycles. The lowest BCUT2D eigenvalue weighted by Crippen LogP contribution is -2.45. The van der Waals surface area contributed by atoms with E-state index in [9.17, 15) is 4.79 Å². The summed E-state index contributed by atoms with van der Waals surface area (Å²) in [6, 6.07) is 0.138. The molecular weight excluding hydrogens is 194 g/mol. The molecule has 0 spiro atoms. The Morgan fingerprint density at radius 3 is 2.47 bits per heavy atom. The third kappa shape index (κ3) is 5.14. The fourth-order valence-corrected chi connectivity index (χ4v) is 1.26. The van der Waals surface area contributed by atoms with E-state index in [0.29, 0.717) is 12.6 Å². The van der Waals surface area contributed by atoms with Gasteiger partial charge in [0.2, 0.25) is 0 Å². The SMILES string of the molecule is COCC(NC1CC1)C(=O)OC(C)(C)C. The summed E-state index contributed by atoms with van der Waals surface area (Å²) >= 11 is 0. The quantitative estimate of drug-likeness (QED) is 0.698.